The van der Waals surface area contributed by atoms with Gasteiger partial charge in [-0.2, -0.15) is 0 Å². The summed E-state index contributed by atoms with van der Waals surface area (Å²) in [6.07, 6.45) is 1.43. The van der Waals surface area contributed by atoms with Crippen LogP contribution in [-0.4, -0.2) is 92.4 Å². The number of amides is 3. The van der Waals surface area contributed by atoms with E-state index in [1.165, 1.54) is 0 Å². The Kier molecular flexibility index (Phi) is 14.0. The summed E-state index contributed by atoms with van der Waals surface area (Å²) in [6.45, 7) is 11.4. The van der Waals surface area contributed by atoms with Gasteiger partial charge in [-0.3, -0.25) is 14.4 Å². The van der Waals surface area contributed by atoms with Crippen LogP contribution in [0.4, 0.5) is 0 Å². The van der Waals surface area contributed by atoms with Gasteiger partial charge in [-0.15, -0.1) is 11.3 Å². The van der Waals surface area contributed by atoms with Crippen molar-refractivity contribution >= 4 is 29.1 Å². The van der Waals surface area contributed by atoms with E-state index in [1.807, 2.05) is 57.5 Å². The first kappa shape index (κ1) is 34.6. The van der Waals surface area contributed by atoms with E-state index in [0.29, 0.717) is 59.1 Å². The molecule has 4 N–H and O–H groups in total. The molecule has 1 fully saturated rings. The Labute approximate surface area is 258 Å². The summed E-state index contributed by atoms with van der Waals surface area (Å²) in [5.74, 6) is -0.704. The van der Waals surface area contributed by atoms with Crippen LogP contribution in [0.2, 0.25) is 0 Å². The van der Waals surface area contributed by atoms with Crippen molar-refractivity contribution in [1.82, 2.24) is 20.5 Å². The van der Waals surface area contributed by atoms with Gasteiger partial charge in [-0.05, 0) is 36.3 Å². The van der Waals surface area contributed by atoms with Gasteiger partial charge in [0.1, 0.15) is 12.1 Å². The van der Waals surface area contributed by atoms with Crippen molar-refractivity contribution in [2.45, 2.75) is 65.6 Å². The number of nitrogens with one attached hydrogen (secondary N) is 2. The summed E-state index contributed by atoms with van der Waals surface area (Å²) in [5.41, 5.74) is 9.71. The number of carbonyl (C=O) groups is 3. The number of benzene rings is 1. The fourth-order valence-corrected chi connectivity index (χ4v) is 5.61. The minimum Gasteiger partial charge on any atom is -0.379 e. The lowest BCUT2D eigenvalue weighted by Crippen LogP contribution is -2.57. The smallest absolute Gasteiger partial charge is 0.246 e. The molecule has 0 saturated carbocycles. The van der Waals surface area contributed by atoms with Gasteiger partial charge in [0.25, 0.3) is 0 Å². The maximum atomic E-state index is 13.7. The molecule has 11 nitrogen and oxygen atoms in total. The van der Waals surface area contributed by atoms with Gasteiger partial charge in [0.15, 0.2) is 0 Å². The second-order valence-electron chi connectivity index (χ2n) is 11.6. The predicted octanol–water partition coefficient (Wildman–Crippen LogP) is 2.66. The van der Waals surface area contributed by atoms with Crippen LogP contribution >= 0.6 is 11.3 Å². The maximum absolute atomic E-state index is 13.7. The van der Waals surface area contributed by atoms with E-state index in [4.69, 9.17) is 19.9 Å². The Balaban J connectivity index is 1.46. The number of aromatic nitrogens is 1. The lowest BCUT2D eigenvalue weighted by Gasteiger charge is -2.35. The molecule has 238 valence electrons. The quantitative estimate of drug-likeness (QED) is 0.230. The Bertz CT molecular complexity index is 1170. The zero-order chi connectivity index (χ0) is 31.2. The summed E-state index contributed by atoms with van der Waals surface area (Å²) < 4.78 is 16.1. The van der Waals surface area contributed by atoms with Crippen LogP contribution in [0.25, 0.3) is 10.4 Å². The van der Waals surface area contributed by atoms with Gasteiger partial charge in [0, 0.05) is 26.1 Å². The minimum atomic E-state index is -0.770. The number of aryl methyl sites for hydroxylation is 1. The molecule has 0 bridgehead atoms. The number of carbonyl (C=O) groups excluding carboxylic acids is 3. The van der Waals surface area contributed by atoms with Crippen LogP contribution in [0.5, 0.6) is 0 Å². The second-order valence-corrected chi connectivity index (χ2v) is 12.5. The van der Waals surface area contributed by atoms with E-state index in [9.17, 15) is 14.4 Å². The first-order chi connectivity index (χ1) is 20.6. The maximum Gasteiger partial charge on any atom is 0.246 e. The van der Waals surface area contributed by atoms with Crippen molar-refractivity contribution in [2.75, 3.05) is 52.7 Å². The lowest BCUT2D eigenvalue weighted by molar-refractivity contribution is -0.144. The van der Waals surface area contributed by atoms with Gasteiger partial charge in [0.2, 0.25) is 17.7 Å². The van der Waals surface area contributed by atoms with Crippen LogP contribution in [0, 0.1) is 12.3 Å². The third-order valence-electron chi connectivity index (χ3n) is 7.16. The van der Waals surface area contributed by atoms with E-state index in [-0.39, 0.29) is 30.7 Å². The first-order valence-corrected chi connectivity index (χ1v) is 15.8. The molecular formula is C31H47N5O6S. The van der Waals surface area contributed by atoms with Crippen LogP contribution in [0.3, 0.4) is 0 Å². The summed E-state index contributed by atoms with van der Waals surface area (Å²) in [6, 6.07) is 6.71. The molecule has 1 aromatic carbocycles. The molecule has 0 spiro atoms. The van der Waals surface area contributed by atoms with Crippen molar-refractivity contribution in [3.8, 4) is 10.4 Å². The Hall–Kier alpha value is -2.90. The van der Waals surface area contributed by atoms with Gasteiger partial charge < -0.3 is 35.5 Å². The summed E-state index contributed by atoms with van der Waals surface area (Å²) in [5, 5.41) is 5.90. The highest BCUT2D eigenvalue weighted by Crippen LogP contribution is 2.28. The normalized spacial score (nSPS) is 15.8. The molecule has 1 aliphatic heterocycles. The first-order valence-electron chi connectivity index (χ1n) is 14.9. The van der Waals surface area contributed by atoms with Crippen molar-refractivity contribution in [1.29, 1.82) is 0 Å². The predicted molar refractivity (Wildman–Crippen MR) is 166 cm³/mol. The van der Waals surface area contributed by atoms with E-state index in [2.05, 4.69) is 15.6 Å². The highest BCUT2D eigenvalue weighted by Gasteiger charge is 2.41. The fraction of sp³-hybridized carbons (Fsp3) is 0.613. The largest absolute Gasteiger partial charge is 0.379 e. The topological polar surface area (TPSA) is 145 Å². The van der Waals surface area contributed by atoms with E-state index >= 15 is 0 Å². The third kappa shape index (κ3) is 11.0. The fourth-order valence-electron chi connectivity index (χ4n) is 4.80. The molecule has 12 heteroatoms. The number of likely N-dealkylation sites (tertiary alicyclic amines) is 1. The Morgan fingerprint density at radius 2 is 1.70 bits per heavy atom. The third-order valence-corrected chi connectivity index (χ3v) is 8.14. The molecule has 1 saturated heterocycles. The second kappa shape index (κ2) is 17.4. The molecular weight excluding hydrogens is 570 g/mol. The highest BCUT2D eigenvalue weighted by atomic mass is 32.1. The summed E-state index contributed by atoms with van der Waals surface area (Å²) in [7, 11) is 0. The number of thiazole rings is 1. The van der Waals surface area contributed by atoms with Gasteiger partial charge >= 0.3 is 0 Å². The molecule has 0 radical (unpaired) electrons. The summed E-state index contributed by atoms with van der Waals surface area (Å²) >= 11 is 1.60. The van der Waals surface area contributed by atoms with Crippen molar-refractivity contribution in [3.05, 3.63) is 41.0 Å². The number of nitrogens with two attached hydrogens (primary N) is 1. The number of rotatable bonds is 17. The van der Waals surface area contributed by atoms with Crippen LogP contribution < -0.4 is 16.4 Å². The zero-order valence-electron chi connectivity index (χ0n) is 25.9. The highest BCUT2D eigenvalue weighted by molar-refractivity contribution is 7.13. The number of hydrogen-bond acceptors (Lipinski definition) is 9. The van der Waals surface area contributed by atoms with Gasteiger partial charge in [0.05, 0.1) is 55.7 Å². The monoisotopic (exact) mass is 617 g/mol. The zero-order valence-corrected chi connectivity index (χ0v) is 26.7. The number of ether oxygens (including phenoxy) is 3. The van der Waals surface area contributed by atoms with Crippen molar-refractivity contribution in [3.63, 3.8) is 0 Å². The molecule has 2 heterocycles. The van der Waals surface area contributed by atoms with Gasteiger partial charge in [-0.1, -0.05) is 45.0 Å². The average molecular weight is 618 g/mol. The molecule has 1 aliphatic rings. The Morgan fingerprint density at radius 1 is 1.05 bits per heavy atom. The number of nitrogens with zero attached hydrogens (tertiary/aromatic N) is 2. The SMILES string of the molecule is Cc1ncsc1-c1ccc(CNC(=O)[C@@H]2CCCN2C(=O)C(NC(=O)CCOCCOCCOCCN)C(C)(C)C)cc1. The average Bonchev–Trinajstić information content (AvgIpc) is 3.64. The van der Waals surface area contributed by atoms with E-state index < -0.39 is 17.5 Å². The van der Waals surface area contributed by atoms with Crippen LogP contribution in [0.15, 0.2) is 29.8 Å². The number of hydrogen-bond donors (Lipinski definition) is 3. The van der Waals surface area contributed by atoms with Gasteiger partial charge in [-0.25, -0.2) is 4.98 Å². The molecule has 3 amide bonds. The molecule has 0 aliphatic carbocycles. The summed E-state index contributed by atoms with van der Waals surface area (Å²) in [4.78, 5) is 46.7. The molecule has 2 atom stereocenters. The molecule has 43 heavy (non-hydrogen) atoms. The Morgan fingerprint density at radius 3 is 2.30 bits per heavy atom. The van der Waals surface area contributed by atoms with E-state index in [0.717, 1.165) is 28.1 Å². The van der Waals surface area contributed by atoms with Crippen molar-refractivity contribution < 1.29 is 28.6 Å². The molecule has 3 rings (SSSR count). The van der Waals surface area contributed by atoms with Crippen molar-refractivity contribution in [2.24, 2.45) is 11.1 Å². The van der Waals surface area contributed by atoms with E-state index in [1.54, 1.807) is 16.2 Å². The standard InChI is InChI=1S/C31H47N5O6S/c1-22-27(43-21-34-22)24-9-7-23(8-10-24)20-33-29(38)25-6-5-13-36(25)30(39)28(31(2,3)4)35-26(37)11-14-40-16-18-42-19-17-41-15-12-32/h7-10,21,25,28H,5-6,11-20,32H2,1-4H3,(H,33,38)(H,35,37)/t25-,28?/m0/s1. The molecule has 2 aromatic rings. The minimum absolute atomic E-state index is 0.116. The lowest BCUT2D eigenvalue weighted by atomic mass is 9.85. The molecule has 1 unspecified atom stereocenters. The van der Waals surface area contributed by atoms with Crippen LogP contribution in [-0.2, 0) is 35.1 Å². The van der Waals surface area contributed by atoms with Crippen LogP contribution in [0.1, 0.15) is 51.3 Å². The molecule has 1 aromatic heterocycles.